The van der Waals surface area contributed by atoms with Crippen molar-refractivity contribution in [2.45, 2.75) is 40.5 Å². The van der Waals surface area contributed by atoms with E-state index in [-0.39, 0.29) is 0 Å². The van der Waals surface area contributed by atoms with E-state index in [0.29, 0.717) is 0 Å². The van der Waals surface area contributed by atoms with E-state index in [9.17, 15) is 0 Å². The second kappa shape index (κ2) is 11.2. The van der Waals surface area contributed by atoms with Crippen LogP contribution in [0.15, 0.2) is 120 Å². The van der Waals surface area contributed by atoms with Crippen LogP contribution in [0.1, 0.15) is 50.3 Å². The highest BCUT2D eigenvalue weighted by molar-refractivity contribution is 5.88. The number of benzene rings is 2. The molecule has 2 aromatic rings. The molecule has 0 atom stereocenters. The van der Waals surface area contributed by atoms with Gasteiger partial charge in [-0.1, -0.05) is 117 Å². The lowest BCUT2D eigenvalue weighted by atomic mass is 9.86. The maximum atomic E-state index is 4.42. The second-order valence-electron chi connectivity index (χ2n) is 7.81. The average molecular weight is 395 g/mol. The molecule has 0 aromatic heterocycles. The van der Waals surface area contributed by atoms with Crippen molar-refractivity contribution in [1.29, 1.82) is 0 Å². The van der Waals surface area contributed by atoms with Gasteiger partial charge >= 0.3 is 0 Å². The fraction of sp³-hybridized carbons (Fsp3) is 0.200. The molecular formula is C30H34. The predicted molar refractivity (Wildman–Crippen MR) is 135 cm³/mol. The summed E-state index contributed by atoms with van der Waals surface area (Å²) < 4.78 is 0. The van der Waals surface area contributed by atoms with Crippen LogP contribution in [0.25, 0.3) is 5.57 Å². The largest absolute Gasteiger partial charge is 0.0985 e. The van der Waals surface area contributed by atoms with Gasteiger partial charge in [-0.3, -0.25) is 0 Å². The Balaban J connectivity index is 2.67. The summed E-state index contributed by atoms with van der Waals surface area (Å²) >= 11 is 0. The molecule has 0 N–H and O–H groups in total. The summed E-state index contributed by atoms with van der Waals surface area (Å²) in [5.74, 6) is 0. The van der Waals surface area contributed by atoms with Crippen LogP contribution >= 0.6 is 0 Å². The Morgan fingerprint density at radius 2 is 1.57 bits per heavy atom. The molecule has 30 heavy (non-hydrogen) atoms. The van der Waals surface area contributed by atoms with E-state index < -0.39 is 0 Å². The summed E-state index contributed by atoms with van der Waals surface area (Å²) in [6, 6.07) is 19.1. The molecule has 0 radical (unpaired) electrons. The van der Waals surface area contributed by atoms with Crippen LogP contribution in [0.2, 0.25) is 0 Å². The number of allylic oxidation sites excluding steroid dienone is 8. The van der Waals surface area contributed by atoms with E-state index in [1.54, 1.807) is 0 Å². The van der Waals surface area contributed by atoms with Crippen LogP contribution in [0.5, 0.6) is 0 Å². The minimum atomic E-state index is 0.950. The van der Waals surface area contributed by atoms with Crippen LogP contribution in [0, 0.1) is 6.92 Å². The molecule has 0 aliphatic carbocycles. The maximum Gasteiger partial charge on any atom is -0.00305 e. The minimum Gasteiger partial charge on any atom is -0.0985 e. The van der Waals surface area contributed by atoms with Crippen LogP contribution in [0.3, 0.4) is 0 Å². The van der Waals surface area contributed by atoms with Gasteiger partial charge in [0.15, 0.2) is 0 Å². The molecule has 0 aliphatic heterocycles. The molecule has 0 unspecified atom stereocenters. The fourth-order valence-electron chi connectivity index (χ4n) is 3.69. The third-order valence-corrected chi connectivity index (χ3v) is 5.17. The Labute approximate surface area is 183 Å². The van der Waals surface area contributed by atoms with Crippen molar-refractivity contribution >= 4 is 5.57 Å². The van der Waals surface area contributed by atoms with E-state index in [2.05, 4.69) is 108 Å². The smallest absolute Gasteiger partial charge is 0.00305 e. The second-order valence-corrected chi connectivity index (χ2v) is 7.81. The summed E-state index contributed by atoms with van der Waals surface area (Å²) in [5, 5.41) is 0. The highest BCUT2D eigenvalue weighted by Gasteiger charge is 2.14. The maximum absolute atomic E-state index is 4.42. The van der Waals surface area contributed by atoms with Gasteiger partial charge in [-0.05, 0) is 66.2 Å². The molecule has 0 heterocycles. The van der Waals surface area contributed by atoms with Crippen LogP contribution in [-0.2, 0) is 0 Å². The van der Waals surface area contributed by atoms with Crippen molar-refractivity contribution in [3.63, 3.8) is 0 Å². The zero-order valence-electron chi connectivity index (χ0n) is 19.0. The van der Waals surface area contributed by atoms with Crippen LogP contribution in [0.4, 0.5) is 0 Å². The number of hydrogen-bond acceptors (Lipinski definition) is 0. The lowest BCUT2D eigenvalue weighted by Crippen LogP contribution is -1.98. The van der Waals surface area contributed by atoms with Gasteiger partial charge in [0, 0.05) is 0 Å². The highest BCUT2D eigenvalue weighted by Crippen LogP contribution is 2.34. The first-order valence-corrected chi connectivity index (χ1v) is 10.6. The molecule has 2 rings (SSSR count). The fourth-order valence-corrected chi connectivity index (χ4v) is 3.69. The van der Waals surface area contributed by atoms with Crippen molar-refractivity contribution < 1.29 is 0 Å². The normalized spacial score (nSPS) is 12.9. The van der Waals surface area contributed by atoms with Gasteiger partial charge in [0.05, 0.1) is 0 Å². The standard InChI is InChI=1S/C30H34/c1-8-14-24(6)26(9-2)20-19-25(7)29(22(3)4)30(27-16-11-10-12-17-27)28-18-13-15-23(5)21-28/h9-13,15-21H,2-3,7-8,14H2,1,4-6H3/b20-19+,26-24+,30-29+. The van der Waals surface area contributed by atoms with Gasteiger partial charge in [-0.25, -0.2) is 0 Å². The molecule has 0 aliphatic rings. The van der Waals surface area contributed by atoms with E-state index in [1.165, 1.54) is 16.7 Å². The molecule has 0 heteroatoms. The third kappa shape index (κ3) is 5.94. The molecule has 2 aromatic carbocycles. The number of aryl methyl sites for hydroxylation is 1. The molecule has 0 nitrogen and oxygen atoms in total. The first-order valence-electron chi connectivity index (χ1n) is 10.6. The monoisotopic (exact) mass is 394 g/mol. The van der Waals surface area contributed by atoms with Crippen molar-refractivity contribution in [3.8, 4) is 0 Å². The van der Waals surface area contributed by atoms with Gasteiger partial charge in [0.2, 0.25) is 0 Å². The topological polar surface area (TPSA) is 0 Å². The van der Waals surface area contributed by atoms with Crippen molar-refractivity contribution in [2.75, 3.05) is 0 Å². The SMILES string of the molecule is C=CC(/C=C/C(=C)/C(C(=C)C)=C(\c1ccccc1)c1cccc(C)c1)=C(/C)CCC. The molecule has 0 bridgehead atoms. The summed E-state index contributed by atoms with van der Waals surface area (Å²) in [7, 11) is 0. The van der Waals surface area contributed by atoms with E-state index in [1.807, 2.05) is 12.1 Å². The van der Waals surface area contributed by atoms with E-state index in [0.717, 1.165) is 46.3 Å². The van der Waals surface area contributed by atoms with Gasteiger partial charge < -0.3 is 0 Å². The lowest BCUT2D eigenvalue weighted by Gasteiger charge is -2.18. The minimum absolute atomic E-state index is 0.950. The molecule has 0 saturated carbocycles. The molecule has 0 saturated heterocycles. The molecule has 0 spiro atoms. The van der Waals surface area contributed by atoms with E-state index >= 15 is 0 Å². The molecule has 0 fully saturated rings. The first kappa shape index (κ1) is 23.2. The molecule has 0 amide bonds. The number of hydrogen-bond donors (Lipinski definition) is 0. The average Bonchev–Trinajstić information content (AvgIpc) is 2.72. The van der Waals surface area contributed by atoms with E-state index in [4.69, 9.17) is 0 Å². The lowest BCUT2D eigenvalue weighted by molar-refractivity contribution is 0.900. The Bertz CT molecular complexity index is 1010. The van der Waals surface area contributed by atoms with Crippen molar-refractivity contribution in [1.82, 2.24) is 0 Å². The van der Waals surface area contributed by atoms with Crippen molar-refractivity contribution in [2.24, 2.45) is 0 Å². The van der Waals surface area contributed by atoms with Gasteiger partial charge in [0.1, 0.15) is 0 Å². The highest BCUT2D eigenvalue weighted by atomic mass is 14.2. The Morgan fingerprint density at radius 3 is 2.13 bits per heavy atom. The summed E-state index contributed by atoms with van der Waals surface area (Å²) in [6.07, 6.45) is 8.35. The van der Waals surface area contributed by atoms with Gasteiger partial charge in [-0.2, -0.15) is 0 Å². The van der Waals surface area contributed by atoms with Gasteiger partial charge in [-0.15, -0.1) is 0 Å². The van der Waals surface area contributed by atoms with Gasteiger partial charge in [0.25, 0.3) is 0 Å². The van der Waals surface area contributed by atoms with Crippen LogP contribution in [-0.4, -0.2) is 0 Å². The van der Waals surface area contributed by atoms with Crippen molar-refractivity contribution in [3.05, 3.63) is 137 Å². The first-order chi connectivity index (χ1) is 14.4. The van der Waals surface area contributed by atoms with Crippen LogP contribution < -0.4 is 0 Å². The molecule has 154 valence electrons. The zero-order chi connectivity index (χ0) is 22.1. The molecular weight excluding hydrogens is 360 g/mol. The number of rotatable bonds is 9. The summed E-state index contributed by atoms with van der Waals surface area (Å²) in [5.41, 5.74) is 10.3. The quantitative estimate of drug-likeness (QED) is 0.373. The third-order valence-electron chi connectivity index (χ3n) is 5.17. The zero-order valence-corrected chi connectivity index (χ0v) is 19.0. The summed E-state index contributed by atoms with van der Waals surface area (Å²) in [4.78, 5) is 0. The Kier molecular flexibility index (Phi) is 8.62. The Morgan fingerprint density at radius 1 is 0.900 bits per heavy atom. The predicted octanol–water partition coefficient (Wildman–Crippen LogP) is 8.79. The Hall–Kier alpha value is -3.12. The summed E-state index contributed by atoms with van der Waals surface area (Å²) in [6.45, 7) is 21.3.